The number of benzene rings is 1. The third-order valence-electron chi connectivity index (χ3n) is 5.93. The van der Waals surface area contributed by atoms with Crippen LogP contribution in [0.2, 0.25) is 0 Å². The van der Waals surface area contributed by atoms with Gasteiger partial charge in [0.1, 0.15) is 11.6 Å². The Morgan fingerprint density at radius 1 is 1.12 bits per heavy atom. The molecule has 2 saturated carbocycles. The highest BCUT2D eigenvalue weighted by Crippen LogP contribution is 2.46. The molecule has 1 amide bonds. The molecule has 2 fully saturated rings. The number of hydrogen-bond donors (Lipinski definition) is 1. The van der Waals surface area contributed by atoms with Crippen molar-refractivity contribution in [2.24, 2.45) is 0 Å². The number of nitrogens with zero attached hydrogens (tertiary/aromatic N) is 5. The maximum Gasteiger partial charge on any atom is 0.238 e. The van der Waals surface area contributed by atoms with Gasteiger partial charge < -0.3 is 9.88 Å². The highest BCUT2D eigenvalue weighted by atomic mass is 32.2. The predicted molar refractivity (Wildman–Crippen MR) is 126 cm³/mol. The van der Waals surface area contributed by atoms with Crippen molar-refractivity contribution >= 4 is 23.5 Å². The van der Waals surface area contributed by atoms with Gasteiger partial charge in [0.25, 0.3) is 0 Å². The lowest BCUT2D eigenvalue weighted by molar-refractivity contribution is -0.115. The number of rotatable bonds is 7. The molecule has 168 valence electrons. The van der Waals surface area contributed by atoms with Crippen LogP contribution in [0.5, 0.6) is 0 Å². The first-order chi connectivity index (χ1) is 15.3. The van der Waals surface area contributed by atoms with Crippen molar-refractivity contribution in [2.45, 2.75) is 81.2 Å². The largest absolute Gasteiger partial charge is 0.310 e. The van der Waals surface area contributed by atoms with Crippen LogP contribution < -0.4 is 5.32 Å². The highest BCUT2D eigenvalue weighted by Gasteiger charge is 2.37. The molecule has 1 atom stereocenters. The lowest BCUT2D eigenvalue weighted by atomic mass is 9.92. The van der Waals surface area contributed by atoms with Gasteiger partial charge in [0.05, 0.1) is 16.6 Å². The van der Waals surface area contributed by atoms with Gasteiger partial charge in [-0.3, -0.25) is 4.79 Å². The van der Waals surface area contributed by atoms with Gasteiger partial charge in [0.2, 0.25) is 5.91 Å². The van der Waals surface area contributed by atoms with E-state index in [1.807, 2.05) is 48.0 Å². The highest BCUT2D eigenvalue weighted by molar-refractivity contribution is 8.00. The lowest BCUT2D eigenvalue weighted by Gasteiger charge is -2.14. The normalized spacial score (nSPS) is 17.4. The van der Waals surface area contributed by atoms with E-state index in [1.54, 1.807) is 0 Å². The standard InChI is InChI=1S/C24H30N6OS/c1-15(32-23-27-26-21(16-10-11-16)29(23)17-12-13-17)22(31)25-20-14-19(24(2,3)4)28-30(20)18-8-6-5-7-9-18/h5-9,14-17H,10-13H2,1-4H3,(H,25,31)/t15-/m0/s1. The Hall–Kier alpha value is -2.61. The second-order valence-corrected chi connectivity index (χ2v) is 11.2. The number of para-hydroxylation sites is 1. The van der Waals surface area contributed by atoms with Crippen molar-refractivity contribution < 1.29 is 4.79 Å². The van der Waals surface area contributed by atoms with Crippen LogP contribution >= 0.6 is 11.8 Å². The fourth-order valence-corrected chi connectivity index (χ4v) is 4.63. The molecular formula is C24H30N6OS. The van der Waals surface area contributed by atoms with Crippen LogP contribution in [0.3, 0.4) is 0 Å². The average Bonchev–Trinajstić information content (AvgIpc) is 3.69. The van der Waals surface area contributed by atoms with Crippen LogP contribution in [-0.4, -0.2) is 35.7 Å². The minimum Gasteiger partial charge on any atom is -0.310 e. The van der Waals surface area contributed by atoms with E-state index in [0.717, 1.165) is 22.4 Å². The molecule has 7 nitrogen and oxygen atoms in total. The van der Waals surface area contributed by atoms with Gasteiger partial charge in [-0.25, -0.2) is 4.68 Å². The van der Waals surface area contributed by atoms with Gasteiger partial charge in [-0.15, -0.1) is 10.2 Å². The molecule has 2 aromatic heterocycles. The molecule has 0 unspecified atom stereocenters. The maximum absolute atomic E-state index is 13.2. The van der Waals surface area contributed by atoms with Crippen LogP contribution in [0, 0.1) is 0 Å². The number of anilines is 1. The minimum absolute atomic E-state index is 0.0640. The van der Waals surface area contributed by atoms with Crippen LogP contribution in [-0.2, 0) is 10.2 Å². The summed E-state index contributed by atoms with van der Waals surface area (Å²) in [5.41, 5.74) is 1.72. The summed E-state index contributed by atoms with van der Waals surface area (Å²) in [4.78, 5) is 13.2. The Morgan fingerprint density at radius 3 is 2.47 bits per heavy atom. The summed E-state index contributed by atoms with van der Waals surface area (Å²) in [6, 6.07) is 12.4. The monoisotopic (exact) mass is 450 g/mol. The van der Waals surface area contributed by atoms with E-state index < -0.39 is 0 Å². The molecule has 0 aliphatic heterocycles. The Morgan fingerprint density at radius 2 is 1.84 bits per heavy atom. The van der Waals surface area contributed by atoms with Gasteiger partial charge in [0.15, 0.2) is 5.16 Å². The number of carbonyl (C=O) groups is 1. The number of hydrogen-bond acceptors (Lipinski definition) is 5. The summed E-state index contributed by atoms with van der Waals surface area (Å²) in [6.07, 6.45) is 4.76. The number of thioether (sulfide) groups is 1. The summed E-state index contributed by atoms with van der Waals surface area (Å²) in [5, 5.41) is 17.4. The summed E-state index contributed by atoms with van der Waals surface area (Å²) < 4.78 is 4.10. The quantitative estimate of drug-likeness (QED) is 0.507. The molecule has 0 bridgehead atoms. The average molecular weight is 451 g/mol. The van der Waals surface area contributed by atoms with Gasteiger partial charge >= 0.3 is 0 Å². The van der Waals surface area contributed by atoms with Crippen molar-refractivity contribution in [2.75, 3.05) is 5.32 Å². The zero-order valence-electron chi connectivity index (χ0n) is 19.1. The van der Waals surface area contributed by atoms with E-state index in [-0.39, 0.29) is 16.6 Å². The van der Waals surface area contributed by atoms with Gasteiger partial charge in [-0.2, -0.15) is 5.10 Å². The van der Waals surface area contributed by atoms with Gasteiger partial charge in [-0.1, -0.05) is 50.7 Å². The fourth-order valence-electron chi connectivity index (χ4n) is 3.71. The number of amides is 1. The molecule has 0 saturated heterocycles. The first-order valence-corrected chi connectivity index (χ1v) is 12.3. The van der Waals surface area contributed by atoms with Crippen molar-refractivity contribution in [3.05, 3.63) is 47.9 Å². The first-order valence-electron chi connectivity index (χ1n) is 11.4. The molecule has 1 N–H and O–H groups in total. The third-order valence-corrected chi connectivity index (χ3v) is 6.98. The van der Waals surface area contributed by atoms with Gasteiger partial charge in [0, 0.05) is 23.4 Å². The fraction of sp³-hybridized carbons (Fsp3) is 0.500. The topological polar surface area (TPSA) is 77.6 Å². The van der Waals surface area contributed by atoms with E-state index in [1.165, 1.54) is 37.4 Å². The number of nitrogens with one attached hydrogen (secondary N) is 1. The molecular weight excluding hydrogens is 420 g/mol. The SMILES string of the molecule is C[C@H](Sc1nnc(C2CC2)n1C1CC1)C(=O)Nc1cc(C(C)(C)C)nn1-c1ccccc1. The number of aromatic nitrogens is 5. The Bertz CT molecular complexity index is 1120. The van der Waals surface area contributed by atoms with Crippen molar-refractivity contribution in [3.63, 3.8) is 0 Å². The lowest BCUT2D eigenvalue weighted by Crippen LogP contribution is -2.24. The second kappa shape index (κ2) is 8.06. The summed E-state index contributed by atoms with van der Waals surface area (Å²) in [5.74, 6) is 2.28. The molecule has 2 aliphatic rings. The predicted octanol–water partition coefficient (Wildman–Crippen LogP) is 5.09. The van der Waals surface area contributed by atoms with E-state index >= 15 is 0 Å². The molecule has 0 spiro atoms. The molecule has 3 aromatic rings. The van der Waals surface area contributed by atoms with Crippen LogP contribution in [0.15, 0.2) is 41.6 Å². The summed E-state index contributed by atoms with van der Waals surface area (Å²) in [6.45, 7) is 8.29. The van der Waals surface area contributed by atoms with E-state index in [4.69, 9.17) is 5.10 Å². The molecule has 32 heavy (non-hydrogen) atoms. The molecule has 0 radical (unpaired) electrons. The van der Waals surface area contributed by atoms with Crippen molar-refractivity contribution in [3.8, 4) is 5.69 Å². The summed E-state index contributed by atoms with van der Waals surface area (Å²) >= 11 is 1.49. The van der Waals surface area contributed by atoms with E-state index in [9.17, 15) is 4.79 Å². The van der Waals surface area contributed by atoms with E-state index in [2.05, 4.69) is 40.9 Å². The zero-order chi connectivity index (χ0) is 22.5. The third kappa shape index (κ3) is 4.33. The van der Waals surface area contributed by atoms with Crippen molar-refractivity contribution in [1.82, 2.24) is 24.5 Å². The molecule has 1 aromatic carbocycles. The Labute approximate surface area is 193 Å². The van der Waals surface area contributed by atoms with Crippen LogP contribution in [0.4, 0.5) is 5.82 Å². The molecule has 2 aliphatic carbocycles. The van der Waals surface area contributed by atoms with Gasteiger partial charge in [-0.05, 0) is 44.7 Å². The first kappa shape index (κ1) is 21.2. The van der Waals surface area contributed by atoms with Crippen LogP contribution in [0.1, 0.15) is 76.9 Å². The summed E-state index contributed by atoms with van der Waals surface area (Å²) in [7, 11) is 0. The Kier molecular flexibility index (Phi) is 5.35. The smallest absolute Gasteiger partial charge is 0.238 e. The molecule has 5 rings (SSSR count). The number of carbonyl (C=O) groups excluding carboxylic acids is 1. The van der Waals surface area contributed by atoms with Crippen LogP contribution in [0.25, 0.3) is 5.69 Å². The second-order valence-electron chi connectivity index (χ2n) is 9.88. The molecule has 2 heterocycles. The minimum atomic E-state index is -0.305. The molecule has 8 heteroatoms. The van der Waals surface area contributed by atoms with Crippen molar-refractivity contribution in [1.29, 1.82) is 0 Å². The maximum atomic E-state index is 13.2. The zero-order valence-corrected chi connectivity index (χ0v) is 19.9. The Balaban J connectivity index is 1.36. The van der Waals surface area contributed by atoms with E-state index in [0.29, 0.717) is 17.8 Å².